The third-order valence-corrected chi connectivity index (χ3v) is 12.0. The molecule has 7 rings (SSSR count). The van der Waals surface area contributed by atoms with Crippen molar-refractivity contribution in [3.05, 3.63) is 115 Å². The number of nitrogens with zero attached hydrogens (tertiary/aromatic N) is 1. The number of hydrogen-bond donors (Lipinski definition) is 0. The van der Waals surface area contributed by atoms with Crippen LogP contribution in [-0.4, -0.2) is 16.8 Å². The zero-order valence-electron chi connectivity index (χ0n) is 19.8. The topological polar surface area (TPSA) is 71.5 Å². The molecule has 2 aliphatic rings. The number of rotatable bonds is 2. The summed E-state index contributed by atoms with van der Waals surface area (Å²) in [4.78, 5) is 3.81. The quantitative estimate of drug-likeness (QED) is 0.224. The van der Waals surface area contributed by atoms with Gasteiger partial charge in [0, 0.05) is 15.5 Å². The third kappa shape index (κ3) is 3.37. The average molecular weight is 554 g/mol. The Bertz CT molecular complexity index is 1940. The Morgan fingerprint density at radius 1 is 0.474 bits per heavy atom. The van der Waals surface area contributed by atoms with Gasteiger partial charge in [0.05, 0.1) is 31.0 Å². The zero-order chi connectivity index (χ0) is 26.1. The van der Waals surface area contributed by atoms with Crippen LogP contribution in [0.3, 0.4) is 0 Å². The van der Waals surface area contributed by atoms with Gasteiger partial charge in [-0.15, -0.1) is 0 Å². The smallest absolute Gasteiger partial charge is 0.209 e. The lowest BCUT2D eigenvalue weighted by atomic mass is 10.0. The molecule has 0 aromatic heterocycles. The highest BCUT2D eigenvalue weighted by Crippen LogP contribution is 2.51. The van der Waals surface area contributed by atoms with Gasteiger partial charge in [0.1, 0.15) is 0 Å². The average Bonchev–Trinajstić information content (AvgIpc) is 2.95. The molecule has 0 N–H and O–H groups in total. The predicted molar refractivity (Wildman–Crippen MR) is 148 cm³/mol. The molecule has 38 heavy (non-hydrogen) atoms. The number of benzene rings is 5. The van der Waals surface area contributed by atoms with Crippen LogP contribution in [0.25, 0.3) is 11.1 Å². The summed E-state index contributed by atoms with van der Waals surface area (Å²) in [5.41, 5.74) is 4.57. The van der Waals surface area contributed by atoms with Gasteiger partial charge in [-0.1, -0.05) is 66.4 Å². The molecule has 5 aromatic carbocycles. The number of hydrogen-bond acceptors (Lipinski definition) is 6. The van der Waals surface area contributed by atoms with Gasteiger partial charge in [-0.05, 0) is 71.8 Å². The second kappa shape index (κ2) is 8.33. The van der Waals surface area contributed by atoms with Crippen molar-refractivity contribution >= 4 is 48.5 Å². The normalized spacial score (nSPS) is 16.1. The summed E-state index contributed by atoms with van der Waals surface area (Å²) in [6.07, 6.45) is 0. The van der Waals surface area contributed by atoms with Crippen molar-refractivity contribution < 1.29 is 16.8 Å². The molecule has 0 bridgehead atoms. The lowest BCUT2D eigenvalue weighted by molar-refractivity contribution is 0.570. The summed E-state index contributed by atoms with van der Waals surface area (Å²) in [6, 6.07) is 34.7. The first-order chi connectivity index (χ1) is 18.4. The standard InChI is InChI=1S/C30H19NO4S3/c32-37(33)27-11-5-6-12-28(27)38(34,35)30-19-21(15-18-29(30)37)20-13-16-22(17-14-20)31-23-7-1-3-9-25(23)36-26-10-4-2-8-24(26)31/h1-19H. The van der Waals surface area contributed by atoms with Crippen molar-refractivity contribution in [3.8, 4) is 11.1 Å². The Kier molecular flexibility index (Phi) is 5.10. The van der Waals surface area contributed by atoms with E-state index >= 15 is 0 Å². The molecule has 2 heterocycles. The summed E-state index contributed by atoms with van der Waals surface area (Å²) in [5, 5.41) is 0. The molecule has 0 aliphatic carbocycles. The Balaban J connectivity index is 1.32. The monoisotopic (exact) mass is 553 g/mol. The maximum Gasteiger partial charge on any atom is 0.209 e. The van der Waals surface area contributed by atoms with Crippen LogP contribution in [0.2, 0.25) is 0 Å². The molecule has 0 unspecified atom stereocenters. The highest BCUT2D eigenvalue weighted by molar-refractivity contribution is 7.99. The molecule has 0 saturated carbocycles. The summed E-state index contributed by atoms with van der Waals surface area (Å²) in [7, 11) is -7.92. The van der Waals surface area contributed by atoms with E-state index in [0.29, 0.717) is 5.56 Å². The van der Waals surface area contributed by atoms with Crippen molar-refractivity contribution in [2.45, 2.75) is 29.4 Å². The molecule has 5 nitrogen and oxygen atoms in total. The first kappa shape index (κ1) is 23.3. The molecule has 5 aromatic rings. The molecule has 0 saturated heterocycles. The second-order valence-electron chi connectivity index (χ2n) is 9.03. The lowest BCUT2D eigenvalue weighted by Gasteiger charge is -2.32. The first-order valence-corrected chi connectivity index (χ1v) is 15.6. The second-order valence-corrected chi connectivity index (χ2v) is 13.9. The van der Waals surface area contributed by atoms with E-state index in [4.69, 9.17) is 0 Å². The van der Waals surface area contributed by atoms with E-state index in [9.17, 15) is 16.8 Å². The number of anilines is 3. The van der Waals surface area contributed by atoms with Crippen LogP contribution in [0.4, 0.5) is 17.1 Å². The molecule has 8 heteroatoms. The van der Waals surface area contributed by atoms with Crippen molar-refractivity contribution in [3.63, 3.8) is 0 Å². The highest BCUT2D eigenvalue weighted by atomic mass is 32.2. The van der Waals surface area contributed by atoms with E-state index in [1.54, 1.807) is 17.8 Å². The van der Waals surface area contributed by atoms with Crippen LogP contribution in [0, 0.1) is 0 Å². The van der Waals surface area contributed by atoms with Crippen LogP contribution < -0.4 is 4.90 Å². The van der Waals surface area contributed by atoms with Crippen molar-refractivity contribution in [1.29, 1.82) is 0 Å². The largest absolute Gasteiger partial charge is 0.308 e. The molecule has 186 valence electrons. The summed E-state index contributed by atoms with van der Waals surface area (Å²) < 4.78 is 53.1. The minimum Gasteiger partial charge on any atom is -0.308 e. The SMILES string of the molecule is O=S1(=O)c2ccccc2S(=O)(=O)c2cc(-c3ccc(N4c5ccccc5Sc5ccccc54)cc3)ccc21. The molecule has 0 radical (unpaired) electrons. The van der Waals surface area contributed by atoms with Crippen molar-refractivity contribution in [2.24, 2.45) is 0 Å². The Labute approximate surface area is 225 Å². The minimum atomic E-state index is -3.98. The van der Waals surface area contributed by atoms with Crippen LogP contribution in [-0.2, 0) is 19.7 Å². The Morgan fingerprint density at radius 3 is 1.55 bits per heavy atom. The highest BCUT2D eigenvalue weighted by Gasteiger charge is 2.39. The summed E-state index contributed by atoms with van der Waals surface area (Å²) in [6.45, 7) is 0. The fourth-order valence-electron chi connectivity index (χ4n) is 5.04. The van der Waals surface area contributed by atoms with Gasteiger partial charge in [-0.3, -0.25) is 0 Å². The van der Waals surface area contributed by atoms with Gasteiger partial charge in [0.25, 0.3) is 0 Å². The molecule has 0 fully saturated rings. The van der Waals surface area contributed by atoms with Crippen molar-refractivity contribution in [2.75, 3.05) is 4.90 Å². The van der Waals surface area contributed by atoms with Crippen LogP contribution in [0.1, 0.15) is 0 Å². The molecular weight excluding hydrogens is 535 g/mol. The number of para-hydroxylation sites is 2. The Hall–Kier alpha value is -3.85. The minimum absolute atomic E-state index is 0.176. The number of sulfone groups is 2. The maximum absolute atomic E-state index is 13.4. The molecule has 0 spiro atoms. The summed E-state index contributed by atoms with van der Waals surface area (Å²) in [5.74, 6) is 0. The van der Waals surface area contributed by atoms with Gasteiger partial charge >= 0.3 is 0 Å². The molecule has 0 atom stereocenters. The number of fused-ring (bicyclic) bond motifs is 4. The van der Waals surface area contributed by atoms with Gasteiger partial charge in [0.2, 0.25) is 19.7 Å². The molecular formula is C30H19NO4S3. The van der Waals surface area contributed by atoms with Crippen LogP contribution in [0.15, 0.2) is 145 Å². The predicted octanol–water partition coefficient (Wildman–Crippen LogP) is 7.27. The maximum atomic E-state index is 13.4. The van der Waals surface area contributed by atoms with Gasteiger partial charge in [-0.25, -0.2) is 16.8 Å². The van der Waals surface area contributed by atoms with E-state index in [-0.39, 0.29) is 19.6 Å². The lowest BCUT2D eigenvalue weighted by Crippen LogP contribution is -2.19. The van der Waals surface area contributed by atoms with Gasteiger partial charge < -0.3 is 4.90 Å². The first-order valence-electron chi connectivity index (χ1n) is 11.9. The van der Waals surface area contributed by atoms with Crippen molar-refractivity contribution in [1.82, 2.24) is 0 Å². The molecule has 0 amide bonds. The Morgan fingerprint density at radius 2 is 0.947 bits per heavy atom. The fourth-order valence-corrected chi connectivity index (χ4v) is 10.3. The van der Waals surface area contributed by atoms with Crippen LogP contribution >= 0.6 is 11.8 Å². The summed E-state index contributed by atoms with van der Waals surface area (Å²) >= 11 is 1.74. The van der Waals surface area contributed by atoms with E-state index in [0.717, 1.165) is 32.4 Å². The fraction of sp³-hybridized carbons (Fsp3) is 0. The van der Waals surface area contributed by atoms with Gasteiger partial charge in [-0.2, -0.15) is 0 Å². The third-order valence-electron chi connectivity index (χ3n) is 6.84. The van der Waals surface area contributed by atoms with E-state index in [2.05, 4.69) is 29.2 Å². The molecule has 2 aliphatic heterocycles. The van der Waals surface area contributed by atoms with E-state index in [1.165, 1.54) is 36.4 Å². The van der Waals surface area contributed by atoms with Gasteiger partial charge in [0.15, 0.2) is 0 Å². The van der Waals surface area contributed by atoms with E-state index < -0.39 is 19.7 Å². The van der Waals surface area contributed by atoms with E-state index in [1.807, 2.05) is 48.5 Å². The van der Waals surface area contributed by atoms with Crippen LogP contribution in [0.5, 0.6) is 0 Å². The zero-order valence-corrected chi connectivity index (χ0v) is 22.2.